The number of ether oxygens (including phenoxy) is 1. The van der Waals surface area contributed by atoms with Gasteiger partial charge >= 0.3 is 0 Å². The molecule has 0 saturated carbocycles. The highest BCUT2D eigenvalue weighted by atomic mass is 35.5. The molecule has 0 radical (unpaired) electrons. The highest BCUT2D eigenvalue weighted by Crippen LogP contribution is 2.35. The summed E-state index contributed by atoms with van der Waals surface area (Å²) in [6.45, 7) is 5.90. The fraction of sp³-hybridized carbons (Fsp3) is 0.310. The van der Waals surface area contributed by atoms with Gasteiger partial charge in [0, 0.05) is 48.3 Å². The maximum Gasteiger partial charge on any atom is 0.224 e. The minimum Gasteiger partial charge on any atom is -0.484 e. The normalized spacial score (nSPS) is 11.0. The summed E-state index contributed by atoms with van der Waals surface area (Å²) in [5.74, 6) is 1.29. The molecule has 0 saturated heterocycles. The van der Waals surface area contributed by atoms with E-state index in [9.17, 15) is 10.1 Å². The third-order valence-corrected chi connectivity index (χ3v) is 6.61. The first-order chi connectivity index (χ1) is 18.8. The van der Waals surface area contributed by atoms with E-state index in [1.807, 2.05) is 61.8 Å². The number of nitrogens with zero attached hydrogens (tertiary/aromatic N) is 5. The molecule has 0 spiro atoms. The van der Waals surface area contributed by atoms with Crippen LogP contribution in [0.25, 0.3) is 10.9 Å². The smallest absolute Gasteiger partial charge is 0.224 e. The number of carbonyl (C=O) groups excluding carboxylic acids is 1. The summed E-state index contributed by atoms with van der Waals surface area (Å²) in [4.78, 5) is 23.4. The molecular formula is C29H32ClN7O2. The lowest BCUT2D eigenvalue weighted by Gasteiger charge is -2.16. The summed E-state index contributed by atoms with van der Waals surface area (Å²) in [5.41, 5.74) is 3.92. The molecule has 2 heterocycles. The van der Waals surface area contributed by atoms with Crippen LogP contribution < -0.4 is 15.4 Å². The molecule has 202 valence electrons. The quantitative estimate of drug-likeness (QED) is 0.242. The second kappa shape index (κ2) is 12.6. The van der Waals surface area contributed by atoms with Gasteiger partial charge in [-0.3, -0.25) is 9.78 Å². The van der Waals surface area contributed by atoms with E-state index in [1.165, 1.54) is 0 Å². The number of carbonyl (C=O) groups is 1. The van der Waals surface area contributed by atoms with Gasteiger partial charge in [0.05, 0.1) is 21.8 Å². The monoisotopic (exact) mass is 545 g/mol. The van der Waals surface area contributed by atoms with Crippen LogP contribution in [0.3, 0.4) is 0 Å². The SMILES string of the molecule is CCn1ccnc1COc1ccc(Nc2c(C#N)cnc3cc(C)c(NC(=O)CCCN(C)C)cc23)cc1Cl. The van der Waals surface area contributed by atoms with Crippen LogP contribution in [0.15, 0.2) is 48.9 Å². The molecule has 2 aromatic carbocycles. The van der Waals surface area contributed by atoms with Crippen molar-refractivity contribution < 1.29 is 9.53 Å². The van der Waals surface area contributed by atoms with Gasteiger partial charge in [-0.05, 0) is 76.8 Å². The van der Waals surface area contributed by atoms with E-state index in [2.05, 4.69) is 26.7 Å². The van der Waals surface area contributed by atoms with Crippen LogP contribution in [-0.4, -0.2) is 46.0 Å². The molecule has 1 amide bonds. The molecule has 0 bridgehead atoms. The van der Waals surface area contributed by atoms with Crippen molar-refractivity contribution in [2.45, 2.75) is 39.8 Å². The molecule has 4 aromatic rings. The summed E-state index contributed by atoms with van der Waals surface area (Å²) in [6, 6.07) is 11.3. The Kier molecular flexibility index (Phi) is 9.02. The number of hydrogen-bond acceptors (Lipinski definition) is 7. The van der Waals surface area contributed by atoms with Crippen LogP contribution in [0.2, 0.25) is 5.02 Å². The number of nitriles is 1. The maximum absolute atomic E-state index is 12.6. The number of amides is 1. The average molecular weight is 546 g/mol. The van der Waals surface area contributed by atoms with Crippen molar-refractivity contribution in [1.29, 1.82) is 5.26 Å². The molecule has 2 N–H and O–H groups in total. The number of hydrogen-bond donors (Lipinski definition) is 2. The zero-order valence-electron chi connectivity index (χ0n) is 22.6. The Hall–Kier alpha value is -4.13. The van der Waals surface area contributed by atoms with Crippen molar-refractivity contribution in [2.75, 3.05) is 31.3 Å². The molecule has 0 aliphatic carbocycles. The van der Waals surface area contributed by atoms with Crippen molar-refractivity contribution >= 4 is 45.5 Å². The largest absolute Gasteiger partial charge is 0.484 e. The Bertz CT molecular complexity index is 1520. The number of aromatic nitrogens is 3. The van der Waals surface area contributed by atoms with E-state index in [4.69, 9.17) is 16.3 Å². The van der Waals surface area contributed by atoms with Crippen LogP contribution in [0, 0.1) is 18.3 Å². The summed E-state index contributed by atoms with van der Waals surface area (Å²) in [5, 5.41) is 17.3. The number of imidazole rings is 1. The van der Waals surface area contributed by atoms with Gasteiger partial charge in [-0.2, -0.15) is 5.26 Å². The van der Waals surface area contributed by atoms with Crippen LogP contribution in [0.5, 0.6) is 5.75 Å². The van der Waals surface area contributed by atoms with Crippen molar-refractivity contribution in [2.24, 2.45) is 0 Å². The first kappa shape index (κ1) is 27.9. The lowest BCUT2D eigenvalue weighted by molar-refractivity contribution is -0.116. The third-order valence-electron chi connectivity index (χ3n) is 6.32. The van der Waals surface area contributed by atoms with Crippen LogP contribution in [0.1, 0.15) is 36.7 Å². The van der Waals surface area contributed by atoms with Crippen molar-refractivity contribution in [3.05, 3.63) is 70.9 Å². The standard InChI is InChI=1S/C29H32ClN7O2/c1-5-37-12-10-32-27(37)18-39-26-9-8-21(14-23(26)30)34-29-20(16-31)17-33-25-13-19(2)24(15-22(25)29)35-28(38)7-6-11-36(3)4/h8-10,12-15,17H,5-7,11,18H2,1-4H3,(H,33,34)(H,35,38). The first-order valence-electron chi connectivity index (χ1n) is 12.8. The van der Waals surface area contributed by atoms with Gasteiger partial charge in [-0.25, -0.2) is 4.98 Å². The number of anilines is 3. The minimum absolute atomic E-state index is 0.0537. The van der Waals surface area contributed by atoms with Gasteiger partial charge in [0.25, 0.3) is 0 Å². The number of nitrogens with one attached hydrogen (secondary N) is 2. The molecule has 0 aliphatic heterocycles. The fourth-order valence-electron chi connectivity index (χ4n) is 4.22. The molecule has 10 heteroatoms. The molecule has 0 fully saturated rings. The fourth-order valence-corrected chi connectivity index (χ4v) is 4.45. The summed E-state index contributed by atoms with van der Waals surface area (Å²) >= 11 is 6.55. The molecule has 4 rings (SSSR count). The Balaban J connectivity index is 1.57. The van der Waals surface area contributed by atoms with Crippen molar-refractivity contribution in [1.82, 2.24) is 19.4 Å². The second-order valence-corrected chi connectivity index (χ2v) is 9.89. The highest BCUT2D eigenvalue weighted by molar-refractivity contribution is 6.32. The second-order valence-electron chi connectivity index (χ2n) is 9.49. The third kappa shape index (κ3) is 6.85. The van der Waals surface area contributed by atoms with E-state index in [-0.39, 0.29) is 5.91 Å². The molecular weight excluding hydrogens is 514 g/mol. The number of aryl methyl sites for hydroxylation is 2. The molecule has 0 aliphatic rings. The molecule has 2 aromatic heterocycles. The molecule has 0 atom stereocenters. The first-order valence-corrected chi connectivity index (χ1v) is 13.1. The molecule has 9 nitrogen and oxygen atoms in total. The van der Waals surface area contributed by atoms with Gasteiger partial charge in [0.15, 0.2) is 0 Å². The number of halogens is 1. The predicted octanol–water partition coefficient (Wildman–Crippen LogP) is 5.89. The Morgan fingerprint density at radius 1 is 1.23 bits per heavy atom. The Morgan fingerprint density at radius 2 is 2.05 bits per heavy atom. The number of rotatable bonds is 11. The predicted molar refractivity (Wildman–Crippen MR) is 155 cm³/mol. The van der Waals surface area contributed by atoms with Gasteiger partial charge in [-0.1, -0.05) is 11.6 Å². The molecule has 0 unspecified atom stereocenters. The van der Waals surface area contributed by atoms with Gasteiger partial charge in [0.2, 0.25) is 5.91 Å². The van der Waals surface area contributed by atoms with E-state index < -0.39 is 0 Å². The number of benzene rings is 2. The van der Waals surface area contributed by atoms with Gasteiger partial charge < -0.3 is 24.8 Å². The van der Waals surface area contributed by atoms with Crippen LogP contribution in [0.4, 0.5) is 17.1 Å². The van der Waals surface area contributed by atoms with E-state index in [0.717, 1.165) is 30.9 Å². The average Bonchev–Trinajstić information content (AvgIpc) is 3.36. The topological polar surface area (TPSA) is 108 Å². The van der Waals surface area contributed by atoms with E-state index in [1.54, 1.807) is 24.5 Å². The Labute approximate surface area is 233 Å². The maximum atomic E-state index is 12.6. The number of pyridine rings is 1. The highest BCUT2D eigenvalue weighted by Gasteiger charge is 2.15. The van der Waals surface area contributed by atoms with Gasteiger partial charge in [-0.15, -0.1) is 0 Å². The Morgan fingerprint density at radius 3 is 2.77 bits per heavy atom. The number of fused-ring (bicyclic) bond motifs is 1. The zero-order chi connectivity index (χ0) is 27.9. The molecule has 39 heavy (non-hydrogen) atoms. The van der Waals surface area contributed by atoms with Crippen molar-refractivity contribution in [3.63, 3.8) is 0 Å². The summed E-state index contributed by atoms with van der Waals surface area (Å²) < 4.78 is 7.91. The lowest BCUT2D eigenvalue weighted by atomic mass is 10.0. The summed E-state index contributed by atoms with van der Waals surface area (Å²) in [7, 11) is 3.97. The minimum atomic E-state index is -0.0537. The summed E-state index contributed by atoms with van der Waals surface area (Å²) in [6.07, 6.45) is 6.37. The van der Waals surface area contributed by atoms with Crippen molar-refractivity contribution in [3.8, 4) is 11.8 Å². The van der Waals surface area contributed by atoms with E-state index in [0.29, 0.717) is 57.3 Å². The van der Waals surface area contributed by atoms with E-state index >= 15 is 0 Å². The van der Waals surface area contributed by atoms with Gasteiger partial charge in [0.1, 0.15) is 24.3 Å². The lowest BCUT2D eigenvalue weighted by Crippen LogP contribution is -2.17. The van der Waals surface area contributed by atoms with Crippen LogP contribution >= 0.6 is 11.6 Å². The van der Waals surface area contributed by atoms with Crippen LogP contribution in [-0.2, 0) is 17.9 Å². The zero-order valence-corrected chi connectivity index (χ0v) is 23.3.